The Morgan fingerprint density at radius 1 is 1.04 bits per heavy atom. The van der Waals surface area contributed by atoms with Crippen molar-refractivity contribution in [3.8, 4) is 0 Å². The Bertz CT molecular complexity index is 636. The van der Waals surface area contributed by atoms with Crippen LogP contribution in [0.3, 0.4) is 0 Å². The molecule has 0 saturated heterocycles. The van der Waals surface area contributed by atoms with Crippen LogP contribution in [-0.4, -0.2) is 36.7 Å². The van der Waals surface area contributed by atoms with Gasteiger partial charge >= 0.3 is 18.3 Å². The van der Waals surface area contributed by atoms with Gasteiger partial charge in [-0.1, -0.05) is 0 Å². The summed E-state index contributed by atoms with van der Waals surface area (Å²) in [4.78, 5) is 33.8. The number of esters is 1. The zero-order valence-electron chi connectivity index (χ0n) is 13.9. The van der Waals surface area contributed by atoms with E-state index in [1.807, 2.05) is 0 Å². The van der Waals surface area contributed by atoms with Crippen LogP contribution in [0, 0.1) is 0 Å². The molecule has 0 radical (unpaired) electrons. The minimum absolute atomic E-state index is 0.00882. The molecule has 6 nitrogen and oxygen atoms in total. The molecule has 0 saturated carbocycles. The molecule has 0 spiro atoms. The van der Waals surface area contributed by atoms with E-state index in [-0.39, 0.29) is 25.2 Å². The van der Waals surface area contributed by atoms with Gasteiger partial charge in [0, 0.05) is 31.1 Å². The minimum Gasteiger partial charge on any atom is -0.459 e. The van der Waals surface area contributed by atoms with Crippen molar-refractivity contribution in [3.63, 3.8) is 0 Å². The number of ether oxygens (including phenoxy) is 1. The second-order valence-electron chi connectivity index (χ2n) is 5.38. The molecule has 0 unspecified atom stereocenters. The molecule has 0 heterocycles. The number of nitrogens with one attached hydrogen (secondary N) is 2. The lowest BCUT2D eigenvalue weighted by Crippen LogP contribution is -2.33. The molecule has 2 N–H and O–H groups in total. The lowest BCUT2D eigenvalue weighted by Gasteiger charge is -2.14. The average Bonchev–Trinajstić information content (AvgIpc) is 2.54. The van der Waals surface area contributed by atoms with Gasteiger partial charge in [-0.15, -0.1) is 0 Å². The number of anilines is 2. The van der Waals surface area contributed by atoms with E-state index in [4.69, 9.17) is 0 Å². The number of hydrogen-bond donors (Lipinski definition) is 2. The number of carbonyl (C=O) groups is 3. The smallest absolute Gasteiger partial charge is 0.340 e. The second-order valence-corrected chi connectivity index (χ2v) is 5.38. The Balaban J connectivity index is 2.30. The highest BCUT2D eigenvalue weighted by Gasteiger charge is 2.42. The fourth-order valence-corrected chi connectivity index (χ4v) is 1.77. The van der Waals surface area contributed by atoms with Gasteiger partial charge in [-0.3, -0.25) is 14.4 Å². The summed E-state index contributed by atoms with van der Waals surface area (Å²) < 4.78 is 53.0. The van der Waals surface area contributed by atoms with Crippen LogP contribution in [0.15, 0.2) is 24.3 Å². The van der Waals surface area contributed by atoms with E-state index < -0.39 is 30.8 Å². The molecule has 144 valence electrons. The van der Waals surface area contributed by atoms with Crippen molar-refractivity contribution in [2.75, 3.05) is 17.2 Å². The molecule has 1 aromatic rings. The van der Waals surface area contributed by atoms with Crippen LogP contribution in [0.25, 0.3) is 0 Å². The first-order chi connectivity index (χ1) is 12.1. The standard InChI is InChI=1S/C16H18F4N2O4/c1-10(23)21-11-5-7-12(8-6-11)22-13(24)3-2-4-14(25)26-9-16(19,20)15(17)18/h5-8,15H,2-4,9H2,1H3,(H,21,23)(H,22,24). The number of carbonyl (C=O) groups excluding carboxylic acids is 3. The normalized spacial score (nSPS) is 11.2. The van der Waals surface area contributed by atoms with Gasteiger partial charge in [-0.05, 0) is 30.7 Å². The second kappa shape index (κ2) is 9.73. The van der Waals surface area contributed by atoms with Crippen molar-refractivity contribution in [2.45, 2.75) is 38.5 Å². The minimum atomic E-state index is -4.39. The molecule has 0 aliphatic rings. The molecule has 0 aliphatic heterocycles. The summed E-state index contributed by atoms with van der Waals surface area (Å²) in [6.45, 7) is -0.342. The Morgan fingerprint density at radius 3 is 2.08 bits per heavy atom. The maximum atomic E-state index is 12.6. The van der Waals surface area contributed by atoms with E-state index >= 15 is 0 Å². The molecule has 10 heteroatoms. The Hall–Kier alpha value is -2.65. The van der Waals surface area contributed by atoms with Crippen LogP contribution < -0.4 is 10.6 Å². The van der Waals surface area contributed by atoms with Crippen molar-refractivity contribution in [1.29, 1.82) is 0 Å². The lowest BCUT2D eigenvalue weighted by atomic mass is 10.2. The third-order valence-electron chi connectivity index (χ3n) is 3.02. The number of benzene rings is 1. The number of rotatable bonds is 9. The quantitative estimate of drug-likeness (QED) is 0.511. The predicted molar refractivity (Wildman–Crippen MR) is 85.1 cm³/mol. The molecule has 0 fully saturated rings. The van der Waals surface area contributed by atoms with Crippen LogP contribution >= 0.6 is 0 Å². The number of halogens is 4. The van der Waals surface area contributed by atoms with Crippen molar-refractivity contribution in [2.24, 2.45) is 0 Å². The van der Waals surface area contributed by atoms with Gasteiger partial charge in [0.15, 0.2) is 6.61 Å². The van der Waals surface area contributed by atoms with Crippen molar-refractivity contribution >= 4 is 29.2 Å². The van der Waals surface area contributed by atoms with Crippen molar-refractivity contribution in [3.05, 3.63) is 24.3 Å². The number of amides is 2. The van der Waals surface area contributed by atoms with Gasteiger partial charge in [0.05, 0.1) is 0 Å². The largest absolute Gasteiger partial charge is 0.459 e. The third-order valence-corrected chi connectivity index (χ3v) is 3.02. The van der Waals surface area contributed by atoms with E-state index in [0.717, 1.165) is 0 Å². The Labute approximate surface area is 146 Å². The van der Waals surface area contributed by atoms with E-state index in [1.165, 1.54) is 6.92 Å². The summed E-state index contributed by atoms with van der Waals surface area (Å²) >= 11 is 0. The number of alkyl halides is 4. The summed E-state index contributed by atoms with van der Waals surface area (Å²) in [5, 5.41) is 5.10. The van der Waals surface area contributed by atoms with E-state index in [1.54, 1.807) is 24.3 Å². The number of hydrogen-bond acceptors (Lipinski definition) is 4. The lowest BCUT2D eigenvalue weighted by molar-refractivity contribution is -0.179. The topological polar surface area (TPSA) is 84.5 Å². The average molecular weight is 378 g/mol. The van der Waals surface area contributed by atoms with Crippen molar-refractivity contribution < 1.29 is 36.7 Å². The molecular weight excluding hydrogens is 360 g/mol. The molecule has 0 atom stereocenters. The van der Waals surface area contributed by atoms with Gasteiger partial charge in [0.1, 0.15) is 0 Å². The predicted octanol–water partition coefficient (Wildman–Crippen LogP) is 3.20. The Morgan fingerprint density at radius 2 is 1.58 bits per heavy atom. The molecule has 26 heavy (non-hydrogen) atoms. The zero-order chi connectivity index (χ0) is 19.7. The molecule has 0 aliphatic carbocycles. The molecule has 2 amide bonds. The van der Waals surface area contributed by atoms with E-state index in [9.17, 15) is 31.9 Å². The third kappa shape index (κ3) is 7.95. The summed E-state index contributed by atoms with van der Waals surface area (Å²) in [5.74, 6) is -6.14. The first-order valence-corrected chi connectivity index (χ1v) is 7.59. The van der Waals surface area contributed by atoms with E-state index in [0.29, 0.717) is 11.4 Å². The first kappa shape index (κ1) is 21.4. The van der Waals surface area contributed by atoms with Gasteiger partial charge in [-0.25, -0.2) is 8.78 Å². The van der Waals surface area contributed by atoms with Crippen LogP contribution in [-0.2, 0) is 19.1 Å². The van der Waals surface area contributed by atoms with Crippen LogP contribution in [0.4, 0.5) is 28.9 Å². The Kier molecular flexibility index (Phi) is 8.01. The molecule has 1 rings (SSSR count). The highest BCUT2D eigenvalue weighted by Crippen LogP contribution is 2.23. The van der Waals surface area contributed by atoms with Crippen LogP contribution in [0.2, 0.25) is 0 Å². The summed E-state index contributed by atoms with van der Waals surface area (Å²) in [6.07, 6.45) is -4.35. The zero-order valence-corrected chi connectivity index (χ0v) is 13.9. The summed E-state index contributed by atoms with van der Waals surface area (Å²) in [7, 11) is 0. The van der Waals surface area contributed by atoms with Crippen LogP contribution in [0.5, 0.6) is 0 Å². The molecular formula is C16H18F4N2O4. The van der Waals surface area contributed by atoms with Gasteiger partial charge in [0.2, 0.25) is 11.8 Å². The maximum absolute atomic E-state index is 12.6. The van der Waals surface area contributed by atoms with Gasteiger partial charge < -0.3 is 15.4 Å². The monoisotopic (exact) mass is 378 g/mol. The highest BCUT2D eigenvalue weighted by molar-refractivity contribution is 5.92. The SMILES string of the molecule is CC(=O)Nc1ccc(NC(=O)CCCC(=O)OCC(F)(F)C(F)F)cc1. The maximum Gasteiger partial charge on any atom is 0.340 e. The van der Waals surface area contributed by atoms with Crippen molar-refractivity contribution in [1.82, 2.24) is 0 Å². The molecule has 0 bridgehead atoms. The highest BCUT2D eigenvalue weighted by atomic mass is 19.3. The van der Waals surface area contributed by atoms with E-state index in [2.05, 4.69) is 15.4 Å². The van der Waals surface area contributed by atoms with Gasteiger partial charge in [0.25, 0.3) is 0 Å². The van der Waals surface area contributed by atoms with Gasteiger partial charge in [-0.2, -0.15) is 8.78 Å². The molecule has 1 aromatic carbocycles. The fourth-order valence-electron chi connectivity index (χ4n) is 1.77. The van der Waals surface area contributed by atoms with Crippen LogP contribution in [0.1, 0.15) is 26.2 Å². The molecule has 0 aromatic heterocycles. The summed E-state index contributed by atoms with van der Waals surface area (Å²) in [6, 6.07) is 6.28. The first-order valence-electron chi connectivity index (χ1n) is 7.59. The summed E-state index contributed by atoms with van der Waals surface area (Å²) in [5.41, 5.74) is 1.02. The fraction of sp³-hybridized carbons (Fsp3) is 0.438.